The Labute approximate surface area is 180 Å². The lowest BCUT2D eigenvalue weighted by atomic mass is 10.1. The molecule has 1 atom stereocenters. The topological polar surface area (TPSA) is 102 Å². The van der Waals surface area contributed by atoms with E-state index < -0.39 is 30.4 Å². The highest BCUT2D eigenvalue weighted by atomic mass is 16.5. The summed E-state index contributed by atoms with van der Waals surface area (Å²) in [5.41, 5.74) is 3.59. The van der Waals surface area contributed by atoms with E-state index in [2.05, 4.69) is 10.1 Å². The van der Waals surface area contributed by atoms with Gasteiger partial charge in [0.2, 0.25) is 5.91 Å². The first kappa shape index (κ1) is 22.0. The normalized spacial score (nSPS) is 15.5. The number of hydrogen-bond donors (Lipinski definition) is 1. The molecule has 2 amide bonds. The standard InChI is InChI=1S/C23H24N2O6/c1-14-8-15(2)10-18(9-14)24-20(26)13-31-23(29)17-11-21(27)25(12-17)19-6-4-16(5-7-19)22(28)30-3/h4-10,17H,11-13H2,1-3H3,(H,24,26)/t17-/m0/s1. The number of hydrogen-bond acceptors (Lipinski definition) is 6. The molecule has 0 aliphatic carbocycles. The Balaban J connectivity index is 1.54. The molecular formula is C23H24N2O6. The van der Waals surface area contributed by atoms with Crippen LogP contribution in [0.4, 0.5) is 11.4 Å². The van der Waals surface area contributed by atoms with Gasteiger partial charge in [0.25, 0.3) is 5.91 Å². The number of carbonyl (C=O) groups excluding carboxylic acids is 4. The molecule has 0 aromatic heterocycles. The van der Waals surface area contributed by atoms with Crippen molar-refractivity contribution in [3.8, 4) is 0 Å². The van der Waals surface area contributed by atoms with Gasteiger partial charge in [0.05, 0.1) is 18.6 Å². The van der Waals surface area contributed by atoms with Gasteiger partial charge in [-0.05, 0) is 61.4 Å². The molecule has 1 fully saturated rings. The van der Waals surface area contributed by atoms with E-state index in [1.165, 1.54) is 12.0 Å². The Morgan fingerprint density at radius 2 is 1.71 bits per heavy atom. The number of nitrogens with one attached hydrogen (secondary N) is 1. The lowest BCUT2D eigenvalue weighted by molar-refractivity contribution is -0.151. The third-order valence-electron chi connectivity index (χ3n) is 4.91. The third kappa shape index (κ3) is 5.48. The van der Waals surface area contributed by atoms with Crippen molar-refractivity contribution in [2.45, 2.75) is 20.3 Å². The minimum Gasteiger partial charge on any atom is -0.465 e. The van der Waals surface area contributed by atoms with E-state index in [9.17, 15) is 19.2 Å². The summed E-state index contributed by atoms with van der Waals surface area (Å²) >= 11 is 0. The number of benzene rings is 2. The first-order chi connectivity index (χ1) is 14.8. The van der Waals surface area contributed by atoms with Crippen molar-refractivity contribution in [3.63, 3.8) is 0 Å². The molecule has 2 aromatic rings. The van der Waals surface area contributed by atoms with Crippen molar-refractivity contribution in [3.05, 3.63) is 59.2 Å². The lowest BCUT2D eigenvalue weighted by Gasteiger charge is -2.17. The van der Waals surface area contributed by atoms with Crippen molar-refractivity contribution in [1.82, 2.24) is 0 Å². The van der Waals surface area contributed by atoms with Gasteiger partial charge >= 0.3 is 11.9 Å². The zero-order valence-corrected chi connectivity index (χ0v) is 17.6. The predicted molar refractivity (Wildman–Crippen MR) is 114 cm³/mol. The average molecular weight is 424 g/mol. The van der Waals surface area contributed by atoms with Gasteiger partial charge in [-0.25, -0.2) is 4.79 Å². The number of nitrogens with zero attached hydrogens (tertiary/aromatic N) is 1. The van der Waals surface area contributed by atoms with Crippen LogP contribution in [0.1, 0.15) is 27.9 Å². The number of methoxy groups -OCH3 is 1. The zero-order valence-electron chi connectivity index (χ0n) is 17.6. The summed E-state index contributed by atoms with van der Waals surface area (Å²) in [5, 5.41) is 2.70. The predicted octanol–water partition coefficient (Wildman–Crippen LogP) is 2.62. The summed E-state index contributed by atoms with van der Waals surface area (Å²) in [6.07, 6.45) is -0.00369. The van der Waals surface area contributed by atoms with Crippen molar-refractivity contribution < 1.29 is 28.7 Å². The molecule has 8 heteroatoms. The fraction of sp³-hybridized carbons (Fsp3) is 0.304. The number of ether oxygens (including phenoxy) is 2. The molecule has 1 N–H and O–H groups in total. The van der Waals surface area contributed by atoms with Gasteiger partial charge in [0.15, 0.2) is 6.61 Å². The second-order valence-electron chi connectivity index (χ2n) is 7.48. The van der Waals surface area contributed by atoms with E-state index in [-0.39, 0.29) is 18.9 Å². The van der Waals surface area contributed by atoms with Crippen LogP contribution in [0.5, 0.6) is 0 Å². The molecule has 0 radical (unpaired) electrons. The minimum atomic E-state index is -0.665. The maximum atomic E-state index is 12.4. The maximum Gasteiger partial charge on any atom is 0.337 e. The quantitative estimate of drug-likeness (QED) is 0.716. The molecule has 0 spiro atoms. The van der Waals surface area contributed by atoms with Crippen LogP contribution in [0.15, 0.2) is 42.5 Å². The SMILES string of the molecule is COC(=O)c1ccc(N2C[C@@H](C(=O)OCC(=O)Nc3cc(C)cc(C)c3)CC2=O)cc1. The Morgan fingerprint density at radius 3 is 2.32 bits per heavy atom. The highest BCUT2D eigenvalue weighted by Gasteiger charge is 2.36. The average Bonchev–Trinajstić information content (AvgIpc) is 3.12. The highest BCUT2D eigenvalue weighted by Crippen LogP contribution is 2.26. The van der Waals surface area contributed by atoms with Gasteiger partial charge in [-0.15, -0.1) is 0 Å². The number of esters is 2. The van der Waals surface area contributed by atoms with Gasteiger partial charge in [-0.1, -0.05) is 6.07 Å². The van der Waals surface area contributed by atoms with Crippen LogP contribution in [-0.2, 0) is 23.9 Å². The maximum absolute atomic E-state index is 12.4. The lowest BCUT2D eigenvalue weighted by Crippen LogP contribution is -2.28. The Morgan fingerprint density at radius 1 is 1.06 bits per heavy atom. The molecule has 0 bridgehead atoms. The van der Waals surface area contributed by atoms with E-state index in [1.54, 1.807) is 24.3 Å². The molecule has 0 unspecified atom stereocenters. The van der Waals surface area contributed by atoms with Crippen molar-refractivity contribution >= 4 is 35.1 Å². The van der Waals surface area contributed by atoms with Crippen LogP contribution in [0.2, 0.25) is 0 Å². The van der Waals surface area contributed by atoms with E-state index in [4.69, 9.17) is 4.74 Å². The smallest absolute Gasteiger partial charge is 0.337 e. The monoisotopic (exact) mass is 424 g/mol. The Hall–Kier alpha value is -3.68. The van der Waals surface area contributed by atoms with E-state index in [1.807, 2.05) is 32.0 Å². The molecule has 8 nitrogen and oxygen atoms in total. The van der Waals surface area contributed by atoms with Crippen LogP contribution < -0.4 is 10.2 Å². The van der Waals surface area contributed by atoms with Crippen molar-refractivity contribution in [2.75, 3.05) is 30.5 Å². The molecule has 31 heavy (non-hydrogen) atoms. The van der Waals surface area contributed by atoms with Crippen molar-refractivity contribution in [1.29, 1.82) is 0 Å². The van der Waals surface area contributed by atoms with Gasteiger partial charge in [-0.3, -0.25) is 14.4 Å². The molecule has 1 heterocycles. The van der Waals surface area contributed by atoms with Gasteiger partial charge < -0.3 is 19.7 Å². The largest absolute Gasteiger partial charge is 0.465 e. The second-order valence-corrected chi connectivity index (χ2v) is 7.48. The summed E-state index contributed by atoms with van der Waals surface area (Å²) in [6.45, 7) is 3.57. The molecule has 1 aliphatic heterocycles. The van der Waals surface area contributed by atoms with Crippen LogP contribution in [-0.4, -0.2) is 44.0 Å². The molecule has 0 saturated carbocycles. The third-order valence-corrected chi connectivity index (χ3v) is 4.91. The van der Waals surface area contributed by atoms with E-state index in [0.717, 1.165) is 11.1 Å². The molecule has 162 valence electrons. The van der Waals surface area contributed by atoms with Crippen molar-refractivity contribution in [2.24, 2.45) is 5.92 Å². The van der Waals surface area contributed by atoms with Gasteiger partial charge in [-0.2, -0.15) is 0 Å². The van der Waals surface area contributed by atoms with Crippen LogP contribution >= 0.6 is 0 Å². The zero-order chi connectivity index (χ0) is 22.5. The molecule has 3 rings (SSSR count). The summed E-state index contributed by atoms with van der Waals surface area (Å²) in [4.78, 5) is 49.8. The number of amides is 2. The summed E-state index contributed by atoms with van der Waals surface area (Å²) in [7, 11) is 1.29. The molecule has 2 aromatic carbocycles. The summed E-state index contributed by atoms with van der Waals surface area (Å²) < 4.78 is 9.78. The summed E-state index contributed by atoms with van der Waals surface area (Å²) in [5.74, 6) is -2.41. The highest BCUT2D eigenvalue weighted by molar-refractivity contribution is 6.00. The fourth-order valence-electron chi connectivity index (χ4n) is 3.51. The Bertz CT molecular complexity index is 995. The van der Waals surface area contributed by atoms with Gasteiger partial charge in [0.1, 0.15) is 0 Å². The number of rotatable bonds is 6. The van der Waals surface area contributed by atoms with Crippen LogP contribution in [0.3, 0.4) is 0 Å². The number of aryl methyl sites for hydroxylation is 2. The van der Waals surface area contributed by atoms with E-state index >= 15 is 0 Å². The van der Waals surface area contributed by atoms with Gasteiger partial charge in [0, 0.05) is 24.3 Å². The fourth-order valence-corrected chi connectivity index (χ4v) is 3.51. The molecular weight excluding hydrogens is 400 g/mol. The molecule has 1 saturated heterocycles. The first-order valence-electron chi connectivity index (χ1n) is 9.80. The molecule has 1 aliphatic rings. The number of carbonyl (C=O) groups is 4. The number of anilines is 2. The first-order valence-corrected chi connectivity index (χ1v) is 9.80. The summed E-state index contributed by atoms with van der Waals surface area (Å²) in [6, 6.07) is 12.0. The van der Waals surface area contributed by atoms with Crippen LogP contribution in [0.25, 0.3) is 0 Å². The van der Waals surface area contributed by atoms with E-state index in [0.29, 0.717) is 16.9 Å². The minimum absolute atomic E-state index is 0.00369. The Kier molecular flexibility index (Phi) is 6.69. The second kappa shape index (κ2) is 9.42. The van der Waals surface area contributed by atoms with Crippen LogP contribution in [0, 0.1) is 19.8 Å².